The van der Waals surface area contributed by atoms with Crippen molar-refractivity contribution in [3.63, 3.8) is 0 Å². The zero-order valence-corrected chi connectivity index (χ0v) is 26.6. The Morgan fingerprint density at radius 2 is 1.65 bits per heavy atom. The van der Waals surface area contributed by atoms with Gasteiger partial charge in [-0.2, -0.15) is 0 Å². The van der Waals surface area contributed by atoms with Crippen LogP contribution in [0.5, 0.6) is 0 Å². The molecule has 6 rings (SSSR count). The number of nitrogens with zero attached hydrogens (tertiary/aromatic N) is 2. The molecule has 3 nitrogen and oxygen atoms in total. The average molecular weight is 723 g/mol. The summed E-state index contributed by atoms with van der Waals surface area (Å²) in [6.45, 7) is 11.3. The molecule has 40 heavy (non-hydrogen) atoms. The van der Waals surface area contributed by atoms with Crippen molar-refractivity contribution in [3.05, 3.63) is 115 Å². The van der Waals surface area contributed by atoms with E-state index in [4.69, 9.17) is 4.42 Å². The SMILES string of the molecule is CC(C)c1ccnc(-c2[c-]ccc3c2oc2cc(F)ccc23)c1.C[Si](C)(C)c1ccc(-c2[c-]cccc2)nc1.[Ir]. The van der Waals surface area contributed by atoms with Gasteiger partial charge in [0.25, 0.3) is 0 Å². The fourth-order valence-corrected chi connectivity index (χ4v) is 5.43. The summed E-state index contributed by atoms with van der Waals surface area (Å²) in [7, 11) is -1.23. The van der Waals surface area contributed by atoms with E-state index in [0.29, 0.717) is 17.1 Å². The van der Waals surface area contributed by atoms with E-state index >= 15 is 0 Å². The summed E-state index contributed by atoms with van der Waals surface area (Å²) in [5.41, 5.74) is 6.14. The van der Waals surface area contributed by atoms with Crippen molar-refractivity contribution in [2.24, 2.45) is 0 Å². The molecule has 3 aromatic carbocycles. The second-order valence-electron chi connectivity index (χ2n) is 10.9. The Bertz CT molecular complexity index is 1730. The quantitative estimate of drug-likeness (QED) is 0.135. The molecule has 0 N–H and O–H groups in total. The Hall–Kier alpha value is -3.44. The number of rotatable bonds is 4. The van der Waals surface area contributed by atoms with Crippen molar-refractivity contribution >= 4 is 35.2 Å². The fraction of sp³-hybridized carbons (Fsp3) is 0.176. The van der Waals surface area contributed by atoms with Crippen LogP contribution in [0.2, 0.25) is 19.6 Å². The largest absolute Gasteiger partial charge is 0.500 e. The molecule has 205 valence electrons. The van der Waals surface area contributed by atoms with E-state index in [1.54, 1.807) is 12.3 Å². The Labute approximate surface area is 249 Å². The van der Waals surface area contributed by atoms with Gasteiger partial charge >= 0.3 is 0 Å². The molecule has 0 bridgehead atoms. The Morgan fingerprint density at radius 1 is 0.825 bits per heavy atom. The Balaban J connectivity index is 0.000000192. The smallest absolute Gasteiger partial charge is 0.126 e. The molecular weight excluding hydrogens is 692 g/mol. The van der Waals surface area contributed by atoms with Gasteiger partial charge in [-0.25, -0.2) is 4.39 Å². The molecule has 0 aliphatic heterocycles. The van der Waals surface area contributed by atoms with Gasteiger partial charge in [0.2, 0.25) is 0 Å². The summed E-state index contributed by atoms with van der Waals surface area (Å²) in [4.78, 5) is 8.98. The number of fused-ring (bicyclic) bond motifs is 3. The van der Waals surface area contributed by atoms with Gasteiger partial charge in [-0.3, -0.25) is 0 Å². The third-order valence-electron chi connectivity index (χ3n) is 6.72. The Morgan fingerprint density at radius 3 is 2.33 bits per heavy atom. The summed E-state index contributed by atoms with van der Waals surface area (Å²) in [5.74, 6) is 0.114. The predicted octanol–water partition coefficient (Wildman–Crippen LogP) is 8.80. The standard InChI is InChI=1S/C20H15FNO.C14H16NSi.Ir/c1-12(2)13-8-9-22-18(10-13)17-5-3-4-16-15-7-6-14(21)11-19(15)23-20(16)17;1-16(2,3)13-9-10-14(15-11-13)12-7-5-4-6-8-12;/h3-4,6-12H,1-2H3;4-7,9-11H,1-3H3;/q2*-1;. The molecule has 0 atom stereocenters. The molecule has 0 saturated carbocycles. The second kappa shape index (κ2) is 12.4. The van der Waals surface area contributed by atoms with Crippen molar-refractivity contribution < 1.29 is 28.9 Å². The summed E-state index contributed by atoms with van der Waals surface area (Å²) in [5, 5.41) is 3.24. The normalized spacial score (nSPS) is 11.3. The number of furan rings is 1. The van der Waals surface area contributed by atoms with E-state index < -0.39 is 8.07 Å². The molecule has 0 aliphatic carbocycles. The molecule has 0 fully saturated rings. The molecule has 0 aliphatic rings. The van der Waals surface area contributed by atoms with Crippen molar-refractivity contribution in [2.75, 3.05) is 0 Å². The topological polar surface area (TPSA) is 38.9 Å². The Kier molecular flexibility index (Phi) is 9.14. The molecule has 3 aromatic heterocycles. The van der Waals surface area contributed by atoms with Crippen LogP contribution < -0.4 is 5.19 Å². The van der Waals surface area contributed by atoms with Crippen LogP contribution in [0.3, 0.4) is 0 Å². The van der Waals surface area contributed by atoms with Crippen molar-refractivity contribution in [1.82, 2.24) is 9.97 Å². The van der Waals surface area contributed by atoms with Gasteiger partial charge in [0.1, 0.15) is 11.4 Å². The second-order valence-corrected chi connectivity index (χ2v) is 16.0. The van der Waals surface area contributed by atoms with Crippen LogP contribution >= 0.6 is 0 Å². The number of aromatic nitrogens is 2. The van der Waals surface area contributed by atoms with Gasteiger partial charge in [0, 0.05) is 44.0 Å². The van der Waals surface area contributed by atoms with Gasteiger partial charge < -0.3 is 14.4 Å². The minimum atomic E-state index is -1.23. The zero-order valence-electron chi connectivity index (χ0n) is 23.3. The first-order chi connectivity index (χ1) is 18.7. The van der Waals surface area contributed by atoms with E-state index in [1.807, 2.05) is 48.7 Å². The average Bonchev–Trinajstić information content (AvgIpc) is 3.31. The van der Waals surface area contributed by atoms with E-state index in [2.05, 4.69) is 73.8 Å². The van der Waals surface area contributed by atoms with Crippen LogP contribution in [0.1, 0.15) is 25.3 Å². The van der Waals surface area contributed by atoms with Crippen molar-refractivity contribution in [3.8, 4) is 22.5 Å². The molecule has 1 radical (unpaired) electrons. The van der Waals surface area contributed by atoms with E-state index in [1.165, 1.54) is 22.9 Å². The number of pyridine rings is 2. The maximum atomic E-state index is 13.5. The van der Waals surface area contributed by atoms with Gasteiger partial charge in [0.15, 0.2) is 0 Å². The summed E-state index contributed by atoms with van der Waals surface area (Å²) in [6, 6.07) is 31.1. The molecular formula is C34H31FIrN2OSi-2. The summed E-state index contributed by atoms with van der Waals surface area (Å²) < 4.78 is 19.4. The maximum absolute atomic E-state index is 13.5. The molecule has 6 aromatic rings. The zero-order chi connectivity index (χ0) is 27.6. The van der Waals surface area contributed by atoms with E-state index in [9.17, 15) is 4.39 Å². The van der Waals surface area contributed by atoms with E-state index in [0.717, 1.165) is 33.3 Å². The first-order valence-electron chi connectivity index (χ1n) is 13.1. The van der Waals surface area contributed by atoms with E-state index in [-0.39, 0.29) is 25.9 Å². The minimum Gasteiger partial charge on any atom is -0.500 e. The third-order valence-corrected chi connectivity index (χ3v) is 8.74. The number of hydrogen-bond acceptors (Lipinski definition) is 3. The number of hydrogen-bond donors (Lipinski definition) is 0. The minimum absolute atomic E-state index is 0. The maximum Gasteiger partial charge on any atom is 0.126 e. The first kappa shape index (κ1) is 29.5. The molecule has 0 saturated heterocycles. The van der Waals surface area contributed by atoms with Crippen LogP contribution in [0, 0.1) is 17.9 Å². The van der Waals surface area contributed by atoms with Crippen LogP contribution in [0.25, 0.3) is 44.5 Å². The molecule has 0 spiro atoms. The molecule has 6 heteroatoms. The van der Waals surface area contributed by atoms with Gasteiger partial charge in [-0.05, 0) is 40.7 Å². The van der Waals surface area contributed by atoms with Crippen molar-refractivity contribution in [2.45, 2.75) is 39.4 Å². The van der Waals surface area contributed by atoms with Gasteiger partial charge in [0.05, 0.1) is 13.7 Å². The fourth-order valence-electron chi connectivity index (χ4n) is 4.40. The monoisotopic (exact) mass is 723 g/mol. The third kappa shape index (κ3) is 6.47. The van der Waals surface area contributed by atoms with Gasteiger partial charge in [-0.15, -0.1) is 54.1 Å². The number of benzene rings is 3. The molecule has 0 unspecified atom stereocenters. The summed E-state index contributed by atoms with van der Waals surface area (Å²) in [6.07, 6.45) is 3.82. The number of halogens is 1. The first-order valence-corrected chi connectivity index (χ1v) is 16.6. The predicted molar refractivity (Wildman–Crippen MR) is 161 cm³/mol. The van der Waals surface area contributed by atoms with Crippen LogP contribution in [0.4, 0.5) is 4.39 Å². The van der Waals surface area contributed by atoms with Crippen molar-refractivity contribution in [1.29, 1.82) is 0 Å². The van der Waals surface area contributed by atoms with Crippen LogP contribution in [0.15, 0.2) is 95.7 Å². The van der Waals surface area contributed by atoms with Crippen LogP contribution in [-0.4, -0.2) is 18.0 Å². The van der Waals surface area contributed by atoms with Crippen LogP contribution in [-0.2, 0) is 20.1 Å². The molecule has 0 amide bonds. The molecule has 3 heterocycles. The summed E-state index contributed by atoms with van der Waals surface area (Å²) >= 11 is 0. The van der Waals surface area contributed by atoms with Gasteiger partial charge in [-0.1, -0.05) is 68.2 Å².